The molecule has 5 heteroatoms. The summed E-state index contributed by atoms with van der Waals surface area (Å²) in [5, 5.41) is 3.90. The maximum absolute atomic E-state index is 5.81. The number of aromatic nitrogens is 1. The van der Waals surface area contributed by atoms with Gasteiger partial charge in [0, 0.05) is 6.07 Å². The Balaban J connectivity index is 2.17. The molecule has 2 aromatic rings. The second kappa shape index (κ2) is 6.24. The first-order valence-electron chi connectivity index (χ1n) is 6.15. The second-order valence-corrected chi connectivity index (χ2v) is 4.20. The molecule has 0 saturated carbocycles. The molecule has 0 spiro atoms. The van der Waals surface area contributed by atoms with Crippen molar-refractivity contribution >= 4 is 0 Å². The van der Waals surface area contributed by atoms with Crippen LogP contribution in [0.4, 0.5) is 0 Å². The van der Waals surface area contributed by atoms with E-state index in [1.165, 1.54) is 0 Å². The number of ether oxygens (including phenoxy) is 2. The predicted molar refractivity (Wildman–Crippen MR) is 71.3 cm³/mol. The van der Waals surface area contributed by atoms with Gasteiger partial charge in [-0.2, -0.15) is 0 Å². The number of methoxy groups -OCH3 is 1. The van der Waals surface area contributed by atoms with Crippen LogP contribution in [0, 0.1) is 6.92 Å². The summed E-state index contributed by atoms with van der Waals surface area (Å²) < 4.78 is 16.1. The summed E-state index contributed by atoms with van der Waals surface area (Å²) in [5.74, 6) is 2.18. The molecule has 1 aromatic heterocycles. The van der Waals surface area contributed by atoms with E-state index in [1.54, 1.807) is 7.11 Å². The summed E-state index contributed by atoms with van der Waals surface area (Å²) in [6, 6.07) is 7.62. The van der Waals surface area contributed by atoms with Gasteiger partial charge < -0.3 is 19.7 Å². The Bertz CT molecular complexity index is 537. The van der Waals surface area contributed by atoms with Crippen LogP contribution in [0.15, 0.2) is 28.8 Å². The lowest BCUT2D eigenvalue weighted by Crippen LogP contribution is -2.06. The number of benzene rings is 1. The van der Waals surface area contributed by atoms with Crippen molar-refractivity contribution in [3.8, 4) is 11.5 Å². The Kier molecular flexibility index (Phi) is 4.41. The highest BCUT2D eigenvalue weighted by Gasteiger charge is 2.11. The van der Waals surface area contributed by atoms with Crippen molar-refractivity contribution in [3.63, 3.8) is 0 Å². The zero-order valence-corrected chi connectivity index (χ0v) is 11.2. The van der Waals surface area contributed by atoms with Gasteiger partial charge in [0.1, 0.15) is 18.1 Å². The van der Waals surface area contributed by atoms with Gasteiger partial charge in [-0.3, -0.25) is 0 Å². The minimum Gasteiger partial charge on any atom is -0.493 e. The molecule has 0 aliphatic rings. The van der Waals surface area contributed by atoms with E-state index in [1.807, 2.05) is 31.2 Å². The van der Waals surface area contributed by atoms with Gasteiger partial charge in [-0.1, -0.05) is 17.3 Å². The third kappa shape index (κ3) is 3.26. The fourth-order valence-electron chi connectivity index (χ4n) is 1.87. The molecule has 0 amide bonds. The fraction of sp³-hybridized carbons (Fsp3) is 0.357. The normalized spacial score (nSPS) is 10.5. The summed E-state index contributed by atoms with van der Waals surface area (Å²) in [7, 11) is 1.62. The van der Waals surface area contributed by atoms with E-state index in [9.17, 15) is 0 Å². The Morgan fingerprint density at radius 2 is 2.21 bits per heavy atom. The molecule has 102 valence electrons. The summed E-state index contributed by atoms with van der Waals surface area (Å²) in [6.45, 7) is 2.75. The van der Waals surface area contributed by atoms with E-state index in [0.29, 0.717) is 18.9 Å². The van der Waals surface area contributed by atoms with Crippen LogP contribution < -0.4 is 15.2 Å². The molecule has 2 rings (SSSR count). The first kappa shape index (κ1) is 13.4. The largest absolute Gasteiger partial charge is 0.493 e. The van der Waals surface area contributed by atoms with Crippen LogP contribution in [-0.2, 0) is 13.0 Å². The first-order valence-corrected chi connectivity index (χ1v) is 6.15. The standard InChI is InChI=1S/C14H18N2O3/c1-10-8-12(16-19-10)9-18-14-11(6-7-15)4-3-5-13(14)17-2/h3-5,8H,6-7,9,15H2,1-2H3. The van der Waals surface area contributed by atoms with Crippen LogP contribution in [0.2, 0.25) is 0 Å². The number of aryl methyl sites for hydroxylation is 1. The fourth-order valence-corrected chi connectivity index (χ4v) is 1.87. The van der Waals surface area contributed by atoms with Gasteiger partial charge in [0.15, 0.2) is 11.5 Å². The highest BCUT2D eigenvalue weighted by molar-refractivity contribution is 5.46. The number of rotatable bonds is 6. The van der Waals surface area contributed by atoms with Crippen molar-refractivity contribution in [2.24, 2.45) is 5.73 Å². The Hall–Kier alpha value is -2.01. The van der Waals surface area contributed by atoms with Crippen LogP contribution in [0.25, 0.3) is 0 Å². The number of hydrogen-bond donors (Lipinski definition) is 1. The molecule has 2 N–H and O–H groups in total. The summed E-state index contributed by atoms with van der Waals surface area (Å²) in [4.78, 5) is 0. The molecule has 0 aliphatic carbocycles. The molecular weight excluding hydrogens is 244 g/mol. The van der Waals surface area contributed by atoms with Crippen molar-refractivity contribution in [2.45, 2.75) is 20.0 Å². The van der Waals surface area contributed by atoms with Gasteiger partial charge in [-0.15, -0.1) is 0 Å². The maximum atomic E-state index is 5.81. The lowest BCUT2D eigenvalue weighted by molar-refractivity contribution is 0.268. The lowest BCUT2D eigenvalue weighted by Gasteiger charge is -2.13. The quantitative estimate of drug-likeness (QED) is 0.863. The molecule has 19 heavy (non-hydrogen) atoms. The zero-order chi connectivity index (χ0) is 13.7. The first-order chi connectivity index (χ1) is 9.24. The topological polar surface area (TPSA) is 70.5 Å². The van der Waals surface area contributed by atoms with E-state index in [2.05, 4.69) is 5.16 Å². The number of hydrogen-bond acceptors (Lipinski definition) is 5. The smallest absolute Gasteiger partial charge is 0.164 e. The van der Waals surface area contributed by atoms with Gasteiger partial charge in [0.05, 0.1) is 7.11 Å². The summed E-state index contributed by atoms with van der Waals surface area (Å²) >= 11 is 0. The molecule has 0 bridgehead atoms. The van der Waals surface area contributed by atoms with E-state index in [0.717, 1.165) is 29.2 Å². The Morgan fingerprint density at radius 3 is 2.84 bits per heavy atom. The average molecular weight is 262 g/mol. The van der Waals surface area contributed by atoms with E-state index >= 15 is 0 Å². The monoisotopic (exact) mass is 262 g/mol. The Labute approximate surface area is 112 Å². The molecule has 0 unspecified atom stereocenters. The van der Waals surface area contributed by atoms with Crippen molar-refractivity contribution in [2.75, 3.05) is 13.7 Å². The average Bonchev–Trinajstić information content (AvgIpc) is 2.83. The van der Waals surface area contributed by atoms with Crippen LogP contribution in [-0.4, -0.2) is 18.8 Å². The molecule has 1 heterocycles. The predicted octanol–water partition coefficient (Wildman–Crippen LogP) is 2.07. The van der Waals surface area contributed by atoms with Crippen LogP contribution in [0.5, 0.6) is 11.5 Å². The summed E-state index contributed by atoms with van der Waals surface area (Å²) in [5.41, 5.74) is 7.39. The molecule has 0 radical (unpaired) electrons. The SMILES string of the molecule is COc1cccc(CCN)c1OCc1cc(C)on1. The van der Waals surface area contributed by atoms with Crippen LogP contribution in [0.3, 0.4) is 0 Å². The van der Waals surface area contributed by atoms with Gasteiger partial charge in [-0.05, 0) is 31.5 Å². The van der Waals surface area contributed by atoms with Crippen LogP contribution >= 0.6 is 0 Å². The van der Waals surface area contributed by atoms with E-state index < -0.39 is 0 Å². The molecule has 0 saturated heterocycles. The van der Waals surface area contributed by atoms with Crippen molar-refractivity contribution < 1.29 is 14.0 Å². The molecule has 0 atom stereocenters. The number of nitrogens with two attached hydrogens (primary N) is 1. The van der Waals surface area contributed by atoms with Gasteiger partial charge >= 0.3 is 0 Å². The number of nitrogens with zero attached hydrogens (tertiary/aromatic N) is 1. The molecular formula is C14H18N2O3. The highest BCUT2D eigenvalue weighted by Crippen LogP contribution is 2.31. The molecule has 0 aliphatic heterocycles. The van der Waals surface area contributed by atoms with Crippen molar-refractivity contribution in [1.82, 2.24) is 5.16 Å². The molecule has 0 fully saturated rings. The third-order valence-electron chi connectivity index (χ3n) is 2.74. The second-order valence-electron chi connectivity index (χ2n) is 4.20. The van der Waals surface area contributed by atoms with Gasteiger partial charge in [0.25, 0.3) is 0 Å². The maximum Gasteiger partial charge on any atom is 0.164 e. The van der Waals surface area contributed by atoms with Crippen LogP contribution in [0.1, 0.15) is 17.0 Å². The minimum absolute atomic E-state index is 0.343. The molecule has 1 aromatic carbocycles. The zero-order valence-electron chi connectivity index (χ0n) is 11.2. The van der Waals surface area contributed by atoms with Crippen molar-refractivity contribution in [1.29, 1.82) is 0 Å². The third-order valence-corrected chi connectivity index (χ3v) is 2.74. The van der Waals surface area contributed by atoms with E-state index in [-0.39, 0.29) is 0 Å². The highest BCUT2D eigenvalue weighted by atomic mass is 16.5. The van der Waals surface area contributed by atoms with Crippen molar-refractivity contribution in [3.05, 3.63) is 41.3 Å². The van der Waals surface area contributed by atoms with Gasteiger partial charge in [0.2, 0.25) is 0 Å². The molecule has 5 nitrogen and oxygen atoms in total. The number of para-hydroxylation sites is 1. The lowest BCUT2D eigenvalue weighted by atomic mass is 10.1. The van der Waals surface area contributed by atoms with E-state index in [4.69, 9.17) is 19.7 Å². The minimum atomic E-state index is 0.343. The van der Waals surface area contributed by atoms with Gasteiger partial charge in [-0.25, -0.2) is 0 Å². The summed E-state index contributed by atoms with van der Waals surface area (Å²) in [6.07, 6.45) is 0.740. The Morgan fingerprint density at radius 1 is 1.37 bits per heavy atom.